The lowest BCUT2D eigenvalue weighted by Gasteiger charge is -2.34. The predicted octanol–water partition coefficient (Wildman–Crippen LogP) is 0.0625. The molecule has 2 aliphatic heterocycles. The molecular formula is C21H29FN5O3+. The number of anilines is 1. The molecule has 1 aromatic rings. The van der Waals surface area contributed by atoms with Crippen LogP contribution in [0.1, 0.15) is 32.6 Å². The van der Waals surface area contributed by atoms with Gasteiger partial charge in [0.05, 0.1) is 26.2 Å². The van der Waals surface area contributed by atoms with E-state index in [0.717, 1.165) is 54.6 Å². The second-order valence-corrected chi connectivity index (χ2v) is 8.76. The summed E-state index contributed by atoms with van der Waals surface area (Å²) in [5.41, 5.74) is 2.62. The van der Waals surface area contributed by atoms with Gasteiger partial charge in [-0.05, 0) is 55.9 Å². The number of urea groups is 1. The summed E-state index contributed by atoms with van der Waals surface area (Å²) < 4.78 is 13.1. The molecule has 2 heterocycles. The first-order chi connectivity index (χ1) is 14.4. The molecule has 3 fully saturated rings. The molecule has 2 saturated heterocycles. The molecule has 3 N–H and O–H groups in total. The zero-order valence-electron chi connectivity index (χ0n) is 17.2. The number of carbonyl (C=O) groups excluding carboxylic acids is 3. The van der Waals surface area contributed by atoms with Crippen molar-refractivity contribution < 1.29 is 23.7 Å². The number of carbonyl (C=O) groups is 3. The van der Waals surface area contributed by atoms with E-state index in [2.05, 4.69) is 22.6 Å². The van der Waals surface area contributed by atoms with Crippen LogP contribution in [0.15, 0.2) is 24.3 Å². The SMILES string of the molecule is CC1CCC2(CC1)NC(=O)N(NC(=O)C[NH+]1CCN(c3ccc(F)cc3)CC1)C2=O. The van der Waals surface area contributed by atoms with Crippen LogP contribution < -0.4 is 20.5 Å². The van der Waals surface area contributed by atoms with Crippen LogP contribution in [-0.4, -0.2) is 61.1 Å². The van der Waals surface area contributed by atoms with Crippen LogP contribution in [0.5, 0.6) is 0 Å². The first kappa shape index (κ1) is 20.6. The number of halogens is 1. The normalized spacial score (nSPS) is 27.5. The molecule has 8 nitrogen and oxygen atoms in total. The Morgan fingerprint density at radius 1 is 1.20 bits per heavy atom. The summed E-state index contributed by atoms with van der Waals surface area (Å²) in [6, 6.07) is 5.86. The van der Waals surface area contributed by atoms with Crippen molar-refractivity contribution in [2.45, 2.75) is 38.1 Å². The van der Waals surface area contributed by atoms with Gasteiger partial charge in [0.15, 0.2) is 6.54 Å². The Balaban J connectivity index is 1.27. The number of benzene rings is 1. The molecule has 1 aromatic carbocycles. The highest BCUT2D eigenvalue weighted by molar-refractivity contribution is 6.08. The fraction of sp³-hybridized carbons (Fsp3) is 0.571. The van der Waals surface area contributed by atoms with E-state index in [-0.39, 0.29) is 24.2 Å². The number of quaternary nitrogens is 1. The summed E-state index contributed by atoms with van der Waals surface area (Å²) in [7, 11) is 0. The van der Waals surface area contributed by atoms with Crippen molar-refractivity contribution in [2.24, 2.45) is 5.92 Å². The third-order valence-corrected chi connectivity index (χ3v) is 6.60. The number of hydrazine groups is 1. The molecule has 0 atom stereocenters. The Labute approximate surface area is 175 Å². The minimum Gasteiger partial charge on any atom is -0.360 e. The molecule has 4 amide bonds. The number of hydrogen-bond acceptors (Lipinski definition) is 4. The highest BCUT2D eigenvalue weighted by Gasteiger charge is 2.53. The number of nitrogens with zero attached hydrogens (tertiary/aromatic N) is 2. The first-order valence-corrected chi connectivity index (χ1v) is 10.7. The van der Waals surface area contributed by atoms with E-state index in [1.165, 1.54) is 12.1 Å². The topological polar surface area (TPSA) is 86.2 Å². The average molecular weight is 418 g/mol. The van der Waals surface area contributed by atoms with E-state index >= 15 is 0 Å². The molecule has 4 rings (SSSR count). The maximum absolute atomic E-state index is 13.1. The lowest BCUT2D eigenvalue weighted by atomic mass is 9.77. The third kappa shape index (κ3) is 4.12. The van der Waals surface area contributed by atoms with Crippen molar-refractivity contribution >= 4 is 23.5 Å². The lowest BCUT2D eigenvalue weighted by molar-refractivity contribution is -0.892. The highest BCUT2D eigenvalue weighted by atomic mass is 19.1. The van der Waals surface area contributed by atoms with Gasteiger partial charge in [-0.15, -0.1) is 0 Å². The predicted molar refractivity (Wildman–Crippen MR) is 108 cm³/mol. The van der Waals surface area contributed by atoms with Crippen LogP contribution in [0.2, 0.25) is 0 Å². The smallest absolute Gasteiger partial charge is 0.344 e. The van der Waals surface area contributed by atoms with Crippen molar-refractivity contribution in [1.82, 2.24) is 15.8 Å². The van der Waals surface area contributed by atoms with Crippen LogP contribution >= 0.6 is 0 Å². The number of rotatable bonds is 4. The first-order valence-electron chi connectivity index (χ1n) is 10.7. The Morgan fingerprint density at radius 2 is 1.83 bits per heavy atom. The van der Waals surface area contributed by atoms with Gasteiger partial charge < -0.3 is 15.1 Å². The van der Waals surface area contributed by atoms with Crippen molar-refractivity contribution in [1.29, 1.82) is 0 Å². The molecule has 3 aliphatic rings. The van der Waals surface area contributed by atoms with Crippen LogP contribution in [0, 0.1) is 11.7 Å². The average Bonchev–Trinajstić information content (AvgIpc) is 2.96. The Bertz CT molecular complexity index is 814. The van der Waals surface area contributed by atoms with E-state index in [9.17, 15) is 18.8 Å². The fourth-order valence-electron chi connectivity index (χ4n) is 4.62. The molecule has 1 spiro atoms. The van der Waals surface area contributed by atoms with E-state index in [0.29, 0.717) is 18.8 Å². The molecule has 162 valence electrons. The van der Waals surface area contributed by atoms with Crippen molar-refractivity contribution in [3.63, 3.8) is 0 Å². The lowest BCUT2D eigenvalue weighted by Crippen LogP contribution is -3.16. The van der Waals surface area contributed by atoms with Gasteiger partial charge in [-0.3, -0.25) is 15.0 Å². The zero-order chi connectivity index (χ0) is 21.3. The summed E-state index contributed by atoms with van der Waals surface area (Å²) in [6.07, 6.45) is 3.00. The van der Waals surface area contributed by atoms with Crippen LogP contribution in [0.4, 0.5) is 14.9 Å². The quantitative estimate of drug-likeness (QED) is 0.604. The number of amides is 4. The van der Waals surface area contributed by atoms with Gasteiger partial charge in [-0.1, -0.05) is 6.92 Å². The summed E-state index contributed by atoms with van der Waals surface area (Å²) >= 11 is 0. The van der Waals surface area contributed by atoms with E-state index in [1.807, 2.05) is 0 Å². The largest absolute Gasteiger partial charge is 0.360 e. The molecular weight excluding hydrogens is 389 g/mol. The van der Waals surface area contributed by atoms with Gasteiger partial charge in [0.2, 0.25) is 0 Å². The monoisotopic (exact) mass is 418 g/mol. The molecule has 0 radical (unpaired) electrons. The number of nitrogens with one attached hydrogen (secondary N) is 3. The highest BCUT2D eigenvalue weighted by Crippen LogP contribution is 2.35. The van der Waals surface area contributed by atoms with E-state index in [4.69, 9.17) is 0 Å². The number of hydrogen-bond donors (Lipinski definition) is 3. The van der Waals surface area contributed by atoms with Gasteiger partial charge in [0, 0.05) is 5.69 Å². The van der Waals surface area contributed by atoms with Gasteiger partial charge >= 0.3 is 6.03 Å². The Morgan fingerprint density at radius 3 is 2.47 bits per heavy atom. The molecule has 30 heavy (non-hydrogen) atoms. The summed E-state index contributed by atoms with van der Waals surface area (Å²) in [5, 5.41) is 3.68. The van der Waals surface area contributed by atoms with E-state index < -0.39 is 11.6 Å². The van der Waals surface area contributed by atoms with Gasteiger partial charge in [-0.2, -0.15) is 5.01 Å². The Kier molecular flexibility index (Phi) is 5.64. The molecule has 1 aliphatic carbocycles. The van der Waals surface area contributed by atoms with Crippen LogP contribution in [0.25, 0.3) is 0 Å². The maximum atomic E-state index is 13.1. The minimum atomic E-state index is -0.857. The number of imide groups is 1. The molecule has 0 bridgehead atoms. The maximum Gasteiger partial charge on any atom is 0.344 e. The summed E-state index contributed by atoms with van der Waals surface area (Å²) in [4.78, 5) is 40.9. The second kappa shape index (κ2) is 8.22. The van der Waals surface area contributed by atoms with Crippen LogP contribution in [0.3, 0.4) is 0 Å². The third-order valence-electron chi connectivity index (χ3n) is 6.60. The van der Waals surface area contributed by atoms with Crippen molar-refractivity contribution in [2.75, 3.05) is 37.6 Å². The number of piperazine rings is 1. The minimum absolute atomic E-state index is 0.193. The molecule has 0 aromatic heterocycles. The van der Waals surface area contributed by atoms with Gasteiger partial charge in [-0.25, -0.2) is 9.18 Å². The zero-order valence-corrected chi connectivity index (χ0v) is 17.2. The Hall–Kier alpha value is -2.68. The van der Waals surface area contributed by atoms with Crippen molar-refractivity contribution in [3.05, 3.63) is 30.1 Å². The standard InChI is InChI=1S/C21H28FN5O3/c1-15-6-8-21(9-7-15)19(29)27(20(30)23-21)24-18(28)14-25-10-12-26(13-11-25)17-4-2-16(22)3-5-17/h2-5,15H,6-14H2,1H3,(H,23,30)(H,24,28)/p+1. The van der Waals surface area contributed by atoms with Crippen LogP contribution in [-0.2, 0) is 9.59 Å². The second-order valence-electron chi connectivity index (χ2n) is 8.76. The summed E-state index contributed by atoms with van der Waals surface area (Å²) in [6.45, 7) is 5.32. The summed E-state index contributed by atoms with van der Waals surface area (Å²) in [5.74, 6) is -0.403. The fourth-order valence-corrected chi connectivity index (χ4v) is 4.62. The molecule has 0 unspecified atom stereocenters. The van der Waals surface area contributed by atoms with Crippen molar-refractivity contribution in [3.8, 4) is 0 Å². The van der Waals surface area contributed by atoms with Gasteiger partial charge in [0.1, 0.15) is 11.4 Å². The van der Waals surface area contributed by atoms with E-state index in [1.54, 1.807) is 12.1 Å². The van der Waals surface area contributed by atoms with Gasteiger partial charge in [0.25, 0.3) is 11.8 Å². The molecule has 9 heteroatoms. The molecule has 1 saturated carbocycles.